The molecule has 4 heteroatoms. The highest BCUT2D eigenvalue weighted by Gasteiger charge is 2.22. The van der Waals surface area contributed by atoms with Gasteiger partial charge >= 0.3 is 0 Å². The number of furan rings is 4. The van der Waals surface area contributed by atoms with Crippen molar-refractivity contribution in [3.63, 3.8) is 0 Å². The van der Waals surface area contributed by atoms with Crippen molar-refractivity contribution in [3.8, 4) is 45.3 Å². The Kier molecular flexibility index (Phi) is 3.91. The van der Waals surface area contributed by atoms with Gasteiger partial charge in [-0.25, -0.2) is 0 Å². The molecule has 0 N–H and O–H groups in total. The van der Waals surface area contributed by atoms with Gasteiger partial charge in [0.2, 0.25) is 0 Å². The molecule has 36 heavy (non-hydrogen) atoms. The number of hydrogen-bond donors (Lipinski definition) is 0. The van der Waals surface area contributed by atoms with E-state index in [4.69, 9.17) is 17.7 Å². The molecule has 0 saturated carbocycles. The zero-order valence-corrected chi connectivity index (χ0v) is 19.0. The summed E-state index contributed by atoms with van der Waals surface area (Å²) in [4.78, 5) is 0. The lowest BCUT2D eigenvalue weighted by Gasteiger charge is -2.19. The predicted octanol–water partition coefficient (Wildman–Crippen LogP) is 9.62. The Morgan fingerprint density at radius 2 is 0.611 bits per heavy atom. The molecule has 0 unspecified atom stereocenters. The molecule has 0 saturated heterocycles. The molecule has 0 bridgehead atoms. The summed E-state index contributed by atoms with van der Waals surface area (Å²) in [6.45, 7) is 0. The maximum atomic E-state index is 5.89. The van der Waals surface area contributed by atoms with Crippen LogP contribution in [0.25, 0.3) is 77.6 Å². The Balaban J connectivity index is 1.62. The molecular weight excluding hydrogens is 448 g/mol. The summed E-state index contributed by atoms with van der Waals surface area (Å²) < 4.78 is 23.5. The van der Waals surface area contributed by atoms with Gasteiger partial charge in [-0.05, 0) is 93.0 Å². The van der Waals surface area contributed by atoms with Crippen LogP contribution in [-0.4, -0.2) is 0 Å². The van der Waals surface area contributed by atoms with Gasteiger partial charge in [0, 0.05) is 22.3 Å². The topological polar surface area (TPSA) is 52.6 Å². The van der Waals surface area contributed by atoms with E-state index in [9.17, 15) is 0 Å². The first-order valence-electron chi connectivity index (χ1n) is 11.8. The van der Waals surface area contributed by atoms with Crippen molar-refractivity contribution >= 4 is 32.3 Å². The third kappa shape index (κ3) is 2.64. The fraction of sp³-hybridized carbons (Fsp3) is 0. The van der Waals surface area contributed by atoms with Gasteiger partial charge < -0.3 is 17.7 Å². The Labute approximate surface area is 205 Å². The molecule has 4 aromatic carbocycles. The van der Waals surface area contributed by atoms with Crippen LogP contribution >= 0.6 is 0 Å². The lowest BCUT2D eigenvalue weighted by Crippen LogP contribution is -1.93. The van der Waals surface area contributed by atoms with Crippen LogP contribution in [0.15, 0.2) is 128 Å². The second kappa shape index (κ2) is 7.27. The predicted molar refractivity (Wildman–Crippen MR) is 141 cm³/mol. The minimum Gasteiger partial charge on any atom is -0.464 e. The number of hydrogen-bond acceptors (Lipinski definition) is 4. The van der Waals surface area contributed by atoms with Gasteiger partial charge in [-0.3, -0.25) is 0 Å². The molecule has 0 radical (unpaired) electrons. The molecule has 0 aliphatic heterocycles. The van der Waals surface area contributed by atoms with Crippen LogP contribution in [0.5, 0.6) is 0 Å². The fourth-order valence-electron chi connectivity index (χ4n) is 5.54. The van der Waals surface area contributed by atoms with Gasteiger partial charge in [0.1, 0.15) is 23.0 Å². The SMILES string of the molecule is c1coc(-c2cc(-c3ccco3)c3ccc4c(-c5ccco5)cc(-c5ccco5)c5ccc2c3c54)c1. The van der Waals surface area contributed by atoms with Gasteiger partial charge in [-0.2, -0.15) is 0 Å². The molecule has 0 spiro atoms. The van der Waals surface area contributed by atoms with Gasteiger partial charge in [0.05, 0.1) is 25.1 Å². The first kappa shape index (κ1) is 19.4. The minimum absolute atomic E-state index is 0.818. The number of rotatable bonds is 4. The zero-order chi connectivity index (χ0) is 23.6. The molecule has 4 nitrogen and oxygen atoms in total. The van der Waals surface area contributed by atoms with Crippen LogP contribution in [0.2, 0.25) is 0 Å². The monoisotopic (exact) mass is 466 g/mol. The van der Waals surface area contributed by atoms with E-state index in [2.05, 4.69) is 36.4 Å². The van der Waals surface area contributed by atoms with Crippen LogP contribution in [-0.2, 0) is 0 Å². The second-order valence-electron chi connectivity index (χ2n) is 8.92. The normalized spacial score (nSPS) is 11.9. The first-order valence-corrected chi connectivity index (χ1v) is 11.8. The van der Waals surface area contributed by atoms with Crippen molar-refractivity contribution in [1.82, 2.24) is 0 Å². The Hall–Kier alpha value is -4.96. The molecular formula is C32H18O4. The third-order valence-electron chi connectivity index (χ3n) is 7.05. The average molecular weight is 466 g/mol. The summed E-state index contributed by atoms with van der Waals surface area (Å²) in [6.07, 6.45) is 6.85. The van der Waals surface area contributed by atoms with Crippen molar-refractivity contribution in [2.45, 2.75) is 0 Å². The van der Waals surface area contributed by atoms with Crippen molar-refractivity contribution < 1.29 is 17.7 Å². The molecule has 0 aliphatic rings. The van der Waals surface area contributed by atoms with Crippen LogP contribution in [0.1, 0.15) is 0 Å². The van der Waals surface area contributed by atoms with E-state index in [-0.39, 0.29) is 0 Å². The van der Waals surface area contributed by atoms with E-state index in [0.29, 0.717) is 0 Å². The van der Waals surface area contributed by atoms with Crippen molar-refractivity contribution in [1.29, 1.82) is 0 Å². The van der Waals surface area contributed by atoms with Crippen LogP contribution < -0.4 is 0 Å². The molecule has 0 amide bonds. The maximum absolute atomic E-state index is 5.89. The maximum Gasteiger partial charge on any atom is 0.134 e. The highest BCUT2D eigenvalue weighted by Crippen LogP contribution is 2.48. The van der Waals surface area contributed by atoms with E-state index in [1.165, 1.54) is 0 Å². The molecule has 0 fully saturated rings. The van der Waals surface area contributed by atoms with E-state index in [1.54, 1.807) is 25.1 Å². The van der Waals surface area contributed by atoms with Gasteiger partial charge in [0.15, 0.2) is 0 Å². The minimum atomic E-state index is 0.818. The van der Waals surface area contributed by atoms with Crippen LogP contribution in [0.3, 0.4) is 0 Å². The molecule has 4 heterocycles. The standard InChI is InChI=1S/C32H18O4/c1-5-27(33-13-1)23-17-24(28-6-2-14-34-28)20-11-12-22-26(30-8-4-16-36-30)18-25(29-7-3-15-35-29)21-10-9-19(23)31(20)32(21)22/h1-18H. The fourth-order valence-corrected chi connectivity index (χ4v) is 5.54. The summed E-state index contributed by atoms with van der Waals surface area (Å²) >= 11 is 0. The quantitative estimate of drug-likeness (QED) is 0.242. The molecule has 0 atom stereocenters. The van der Waals surface area contributed by atoms with E-state index >= 15 is 0 Å². The summed E-state index contributed by atoms with van der Waals surface area (Å²) in [5.41, 5.74) is 4.10. The van der Waals surface area contributed by atoms with Crippen LogP contribution in [0.4, 0.5) is 0 Å². The number of benzene rings is 4. The molecule has 8 rings (SSSR count). The van der Waals surface area contributed by atoms with Gasteiger partial charge in [-0.1, -0.05) is 24.3 Å². The molecule has 170 valence electrons. The summed E-state index contributed by atoms with van der Waals surface area (Å²) in [7, 11) is 0. The Bertz CT molecular complexity index is 1670. The molecule has 0 aliphatic carbocycles. The first-order chi connectivity index (χ1) is 17.9. The second-order valence-corrected chi connectivity index (χ2v) is 8.92. The van der Waals surface area contributed by atoms with Crippen molar-refractivity contribution in [3.05, 3.63) is 110 Å². The smallest absolute Gasteiger partial charge is 0.134 e. The Morgan fingerprint density at radius 1 is 0.333 bits per heavy atom. The van der Waals surface area contributed by atoms with Crippen molar-refractivity contribution in [2.24, 2.45) is 0 Å². The molecule has 4 aromatic heterocycles. The van der Waals surface area contributed by atoms with Gasteiger partial charge in [-0.15, -0.1) is 0 Å². The largest absolute Gasteiger partial charge is 0.464 e. The van der Waals surface area contributed by atoms with E-state index in [1.807, 2.05) is 48.5 Å². The highest BCUT2D eigenvalue weighted by molar-refractivity contribution is 6.31. The Morgan fingerprint density at radius 3 is 0.833 bits per heavy atom. The van der Waals surface area contributed by atoms with Crippen molar-refractivity contribution in [2.75, 3.05) is 0 Å². The average Bonchev–Trinajstić information content (AvgIpc) is 3.74. The zero-order valence-electron chi connectivity index (χ0n) is 19.0. The lowest BCUT2D eigenvalue weighted by atomic mass is 9.84. The summed E-state index contributed by atoms with van der Waals surface area (Å²) in [5, 5.41) is 6.80. The summed E-state index contributed by atoms with van der Waals surface area (Å²) in [5.74, 6) is 3.27. The van der Waals surface area contributed by atoms with Crippen LogP contribution in [0, 0.1) is 0 Å². The molecule has 8 aromatic rings. The summed E-state index contributed by atoms with van der Waals surface area (Å²) in [6, 6.07) is 28.8. The van der Waals surface area contributed by atoms with E-state index in [0.717, 1.165) is 77.6 Å². The highest BCUT2D eigenvalue weighted by atomic mass is 16.3. The van der Waals surface area contributed by atoms with E-state index < -0.39 is 0 Å². The third-order valence-corrected chi connectivity index (χ3v) is 7.05. The van der Waals surface area contributed by atoms with Gasteiger partial charge in [0.25, 0.3) is 0 Å². The lowest BCUT2D eigenvalue weighted by molar-refractivity contribution is 0.580.